The Morgan fingerprint density at radius 3 is 2.63 bits per heavy atom. The average molecular weight is 301 g/mol. The van der Waals surface area contributed by atoms with Gasteiger partial charge in [-0.2, -0.15) is 0 Å². The molecule has 2 rings (SSSR count). The highest BCUT2D eigenvalue weighted by molar-refractivity contribution is 7.89. The van der Waals surface area contributed by atoms with Crippen LogP contribution < -0.4 is 4.72 Å². The van der Waals surface area contributed by atoms with Crippen molar-refractivity contribution in [3.8, 4) is 0 Å². The van der Waals surface area contributed by atoms with E-state index in [9.17, 15) is 12.8 Å². The molecule has 0 saturated carbocycles. The molecule has 0 aliphatic rings. The van der Waals surface area contributed by atoms with Gasteiger partial charge in [0.1, 0.15) is 15.8 Å². The second kappa shape index (κ2) is 5.32. The average Bonchev–Trinajstić information content (AvgIpc) is 2.76. The first-order valence-corrected chi connectivity index (χ1v) is 7.73. The molecule has 1 N–H and O–H groups in total. The van der Waals surface area contributed by atoms with Crippen molar-refractivity contribution < 1.29 is 12.8 Å². The second-order valence-electron chi connectivity index (χ2n) is 3.95. The predicted molar refractivity (Wildman–Crippen MR) is 69.8 cm³/mol. The molecule has 0 saturated heterocycles. The van der Waals surface area contributed by atoms with Crippen LogP contribution in [-0.4, -0.2) is 18.6 Å². The van der Waals surface area contributed by atoms with Crippen molar-refractivity contribution in [3.63, 3.8) is 0 Å². The Balaban J connectivity index is 2.16. The van der Waals surface area contributed by atoms with E-state index < -0.39 is 15.8 Å². The van der Waals surface area contributed by atoms with Crippen LogP contribution in [0.3, 0.4) is 0 Å². The molecule has 2 aromatic rings. The topological polar surface area (TPSA) is 72.0 Å². The monoisotopic (exact) mass is 301 g/mol. The number of rotatable bonds is 4. The Morgan fingerprint density at radius 1 is 1.32 bits per heavy atom. The van der Waals surface area contributed by atoms with Crippen LogP contribution in [0.15, 0.2) is 23.1 Å². The van der Waals surface area contributed by atoms with Crippen molar-refractivity contribution in [2.45, 2.75) is 25.3 Å². The first kappa shape index (κ1) is 14.0. The Morgan fingerprint density at radius 2 is 2.05 bits per heavy atom. The largest absolute Gasteiger partial charge is 0.240 e. The number of nitrogens with one attached hydrogen (secondary N) is 1. The zero-order chi connectivity index (χ0) is 14.0. The number of hydrogen-bond donors (Lipinski definition) is 1. The lowest BCUT2D eigenvalue weighted by Crippen LogP contribution is -2.23. The molecule has 0 unspecified atom stereocenters. The van der Waals surface area contributed by atoms with E-state index >= 15 is 0 Å². The summed E-state index contributed by atoms with van der Waals surface area (Å²) in [5, 5.41) is 8.98. The molecule has 0 spiro atoms. The van der Waals surface area contributed by atoms with Gasteiger partial charge in [-0.3, -0.25) is 0 Å². The molecule has 1 aromatic heterocycles. The van der Waals surface area contributed by atoms with E-state index in [4.69, 9.17) is 0 Å². The molecule has 8 heteroatoms. The standard InChI is InChI=1S/C11H12FN3O2S2/c1-7-5-9(3-4-10(7)12)19(16,17)13-6-11-15-14-8(2)18-11/h3-5,13H,6H2,1-2H3. The molecule has 1 aromatic carbocycles. The van der Waals surface area contributed by atoms with Crippen molar-refractivity contribution >= 4 is 21.4 Å². The van der Waals surface area contributed by atoms with E-state index in [0.29, 0.717) is 5.01 Å². The highest BCUT2D eigenvalue weighted by atomic mass is 32.2. The smallest absolute Gasteiger partial charge is 0.207 e. The van der Waals surface area contributed by atoms with Gasteiger partial charge in [0, 0.05) is 0 Å². The summed E-state index contributed by atoms with van der Waals surface area (Å²) in [7, 11) is -3.67. The van der Waals surface area contributed by atoms with E-state index in [2.05, 4.69) is 14.9 Å². The van der Waals surface area contributed by atoms with Crippen LogP contribution in [0.5, 0.6) is 0 Å². The lowest BCUT2D eigenvalue weighted by molar-refractivity contribution is 0.579. The lowest BCUT2D eigenvalue weighted by Gasteiger charge is -2.06. The SMILES string of the molecule is Cc1nnc(CNS(=O)(=O)c2ccc(F)c(C)c2)s1. The normalized spacial score (nSPS) is 11.7. The van der Waals surface area contributed by atoms with Gasteiger partial charge in [-0.25, -0.2) is 17.5 Å². The molecular formula is C11H12FN3O2S2. The Kier molecular flexibility index (Phi) is 3.93. The molecule has 0 radical (unpaired) electrons. The van der Waals surface area contributed by atoms with Crippen LogP contribution in [0.2, 0.25) is 0 Å². The second-order valence-corrected chi connectivity index (χ2v) is 6.98. The summed E-state index contributed by atoms with van der Waals surface area (Å²) in [6, 6.07) is 3.66. The van der Waals surface area contributed by atoms with Crippen LogP contribution in [0.25, 0.3) is 0 Å². The maximum absolute atomic E-state index is 13.1. The van der Waals surface area contributed by atoms with E-state index in [0.717, 1.165) is 11.1 Å². The van der Waals surface area contributed by atoms with E-state index in [-0.39, 0.29) is 17.0 Å². The van der Waals surface area contributed by atoms with E-state index in [1.807, 2.05) is 0 Å². The van der Waals surface area contributed by atoms with Crippen LogP contribution >= 0.6 is 11.3 Å². The molecule has 0 bridgehead atoms. The van der Waals surface area contributed by atoms with Gasteiger partial charge in [-0.1, -0.05) is 0 Å². The third-order valence-electron chi connectivity index (χ3n) is 2.42. The number of sulfonamides is 1. The fourth-order valence-corrected chi connectivity index (χ4v) is 3.25. The van der Waals surface area contributed by atoms with Gasteiger partial charge in [0.25, 0.3) is 0 Å². The summed E-state index contributed by atoms with van der Waals surface area (Å²) >= 11 is 1.32. The highest BCUT2D eigenvalue weighted by Crippen LogP contribution is 2.15. The predicted octanol–water partition coefficient (Wildman–Crippen LogP) is 1.77. The van der Waals surface area contributed by atoms with Crippen LogP contribution in [0.1, 0.15) is 15.6 Å². The quantitative estimate of drug-likeness (QED) is 0.934. The number of nitrogens with zero attached hydrogens (tertiary/aromatic N) is 2. The third kappa shape index (κ3) is 3.34. The summed E-state index contributed by atoms with van der Waals surface area (Å²) in [6.07, 6.45) is 0. The number of benzene rings is 1. The first-order chi connectivity index (χ1) is 8.88. The maximum Gasteiger partial charge on any atom is 0.240 e. The van der Waals surface area contributed by atoms with Crippen LogP contribution in [0.4, 0.5) is 4.39 Å². The fourth-order valence-electron chi connectivity index (χ4n) is 1.43. The summed E-state index contributed by atoms with van der Waals surface area (Å²) in [6.45, 7) is 3.38. The summed E-state index contributed by atoms with van der Waals surface area (Å²) in [4.78, 5) is 0.0348. The molecule has 19 heavy (non-hydrogen) atoms. The molecule has 0 aliphatic heterocycles. The van der Waals surface area contributed by atoms with Gasteiger partial charge in [0.15, 0.2) is 0 Å². The van der Waals surface area contributed by atoms with Crippen molar-refractivity contribution in [2.24, 2.45) is 0 Å². The number of hydrogen-bond acceptors (Lipinski definition) is 5. The van der Waals surface area contributed by atoms with Crippen LogP contribution in [0, 0.1) is 19.7 Å². The Hall–Kier alpha value is -1.38. The third-order valence-corrected chi connectivity index (χ3v) is 4.66. The zero-order valence-corrected chi connectivity index (χ0v) is 12.0. The fraction of sp³-hybridized carbons (Fsp3) is 0.273. The summed E-state index contributed by atoms with van der Waals surface area (Å²) in [5.74, 6) is -0.432. The van der Waals surface area contributed by atoms with E-state index in [1.54, 1.807) is 6.92 Å². The van der Waals surface area contributed by atoms with Crippen molar-refractivity contribution in [1.82, 2.24) is 14.9 Å². The Bertz CT molecular complexity index is 698. The molecule has 0 fully saturated rings. The van der Waals surface area contributed by atoms with Gasteiger partial charge in [-0.15, -0.1) is 21.5 Å². The maximum atomic E-state index is 13.1. The first-order valence-electron chi connectivity index (χ1n) is 5.43. The number of halogens is 1. The summed E-state index contributed by atoms with van der Waals surface area (Å²) < 4.78 is 39.5. The lowest BCUT2D eigenvalue weighted by atomic mass is 10.2. The van der Waals surface area contributed by atoms with Crippen molar-refractivity contribution in [2.75, 3.05) is 0 Å². The summed E-state index contributed by atoms with van der Waals surface area (Å²) in [5.41, 5.74) is 0.287. The van der Waals surface area contributed by atoms with Gasteiger partial charge >= 0.3 is 0 Å². The minimum atomic E-state index is -3.67. The van der Waals surface area contributed by atoms with Crippen molar-refractivity contribution in [3.05, 3.63) is 39.6 Å². The highest BCUT2D eigenvalue weighted by Gasteiger charge is 2.15. The van der Waals surface area contributed by atoms with Crippen molar-refractivity contribution in [1.29, 1.82) is 0 Å². The molecule has 0 amide bonds. The van der Waals surface area contributed by atoms with Gasteiger partial charge < -0.3 is 0 Å². The molecule has 0 aliphatic carbocycles. The minimum absolute atomic E-state index is 0.0348. The zero-order valence-electron chi connectivity index (χ0n) is 10.3. The van der Waals surface area contributed by atoms with Crippen LogP contribution in [-0.2, 0) is 16.6 Å². The number of aryl methyl sites for hydroxylation is 2. The molecular weight excluding hydrogens is 289 g/mol. The minimum Gasteiger partial charge on any atom is -0.207 e. The molecule has 1 heterocycles. The molecule has 0 atom stereocenters. The van der Waals surface area contributed by atoms with E-state index in [1.165, 1.54) is 30.4 Å². The van der Waals surface area contributed by atoms with Gasteiger partial charge in [0.05, 0.1) is 11.4 Å². The Labute approximate surface area is 114 Å². The van der Waals surface area contributed by atoms with Gasteiger partial charge in [0.2, 0.25) is 10.0 Å². The van der Waals surface area contributed by atoms with Gasteiger partial charge in [-0.05, 0) is 37.6 Å². The number of aromatic nitrogens is 2. The molecule has 5 nitrogen and oxygen atoms in total. The molecule has 102 valence electrons.